The number of fused-ring (bicyclic) bond motifs is 1. The van der Waals surface area contributed by atoms with Crippen molar-refractivity contribution in [3.63, 3.8) is 0 Å². The fourth-order valence-corrected chi connectivity index (χ4v) is 5.70. The van der Waals surface area contributed by atoms with E-state index < -0.39 is 17.7 Å². The lowest BCUT2D eigenvalue weighted by atomic mass is 9.94. The molecule has 41 heavy (non-hydrogen) atoms. The molecule has 214 valence electrons. The van der Waals surface area contributed by atoms with Crippen LogP contribution in [0.3, 0.4) is 0 Å². The molecule has 1 fully saturated rings. The number of nitrogens with zero attached hydrogens (tertiary/aromatic N) is 2. The summed E-state index contributed by atoms with van der Waals surface area (Å²) in [6, 6.07) is 22.1. The number of benzene rings is 3. The number of aliphatic hydroxyl groups excluding tert-OH is 1. The molecule has 2 aliphatic rings. The van der Waals surface area contributed by atoms with Gasteiger partial charge in [0.05, 0.1) is 11.6 Å². The van der Waals surface area contributed by atoms with Crippen molar-refractivity contribution in [1.82, 2.24) is 9.80 Å². The van der Waals surface area contributed by atoms with E-state index in [0.717, 1.165) is 48.5 Å². The molecule has 5 rings (SSSR count). The van der Waals surface area contributed by atoms with Crippen LogP contribution in [0.4, 0.5) is 0 Å². The first-order valence-electron chi connectivity index (χ1n) is 14.5. The van der Waals surface area contributed by atoms with Crippen molar-refractivity contribution in [3.05, 3.63) is 101 Å². The standard InChI is InChI=1S/C34H38N2O5/c1-4-35(5-2)17-10-18-36-31(25-13-9-14-28(21-25)40-22-24-11-7-6-8-12-24)30(33(38)34(36)39)32(37)26-15-16-29-27(20-26)19-23(3)41-29/h6-9,11-16,20-21,23,31,37H,4-5,10,17-19,22H2,1-3H3/t23-,31-/m0/s1. The Kier molecular flexibility index (Phi) is 8.74. The lowest BCUT2D eigenvalue weighted by Crippen LogP contribution is -2.33. The highest BCUT2D eigenvalue weighted by Crippen LogP contribution is 2.41. The maximum absolute atomic E-state index is 13.5. The van der Waals surface area contributed by atoms with Crippen molar-refractivity contribution in [2.24, 2.45) is 0 Å². The summed E-state index contributed by atoms with van der Waals surface area (Å²) in [5.74, 6) is -0.0205. The molecule has 0 bridgehead atoms. The van der Waals surface area contributed by atoms with Crippen LogP contribution in [0, 0.1) is 0 Å². The molecule has 2 heterocycles. The van der Waals surface area contributed by atoms with E-state index >= 15 is 0 Å². The minimum Gasteiger partial charge on any atom is -0.507 e. The van der Waals surface area contributed by atoms with Gasteiger partial charge in [-0.1, -0.05) is 56.3 Å². The molecule has 0 unspecified atom stereocenters. The van der Waals surface area contributed by atoms with Gasteiger partial charge < -0.3 is 24.4 Å². The first-order chi connectivity index (χ1) is 19.9. The predicted octanol–water partition coefficient (Wildman–Crippen LogP) is 5.74. The van der Waals surface area contributed by atoms with E-state index in [1.165, 1.54) is 0 Å². The number of carbonyl (C=O) groups is 2. The first-order valence-corrected chi connectivity index (χ1v) is 14.5. The number of hydrogen-bond donors (Lipinski definition) is 1. The minimum absolute atomic E-state index is 0.0532. The second kappa shape index (κ2) is 12.6. The van der Waals surface area contributed by atoms with Crippen molar-refractivity contribution < 1.29 is 24.2 Å². The zero-order valence-electron chi connectivity index (χ0n) is 24.0. The summed E-state index contributed by atoms with van der Waals surface area (Å²) in [6.45, 7) is 9.65. The molecular weight excluding hydrogens is 516 g/mol. The van der Waals surface area contributed by atoms with Crippen LogP contribution in [-0.2, 0) is 22.6 Å². The molecule has 2 aliphatic heterocycles. The fourth-order valence-electron chi connectivity index (χ4n) is 5.70. The predicted molar refractivity (Wildman–Crippen MR) is 159 cm³/mol. The summed E-state index contributed by atoms with van der Waals surface area (Å²) in [5, 5.41) is 11.6. The van der Waals surface area contributed by atoms with Gasteiger partial charge in [0, 0.05) is 18.5 Å². The molecule has 3 aromatic carbocycles. The van der Waals surface area contributed by atoms with E-state index in [0.29, 0.717) is 30.9 Å². The summed E-state index contributed by atoms with van der Waals surface area (Å²) >= 11 is 0. The topological polar surface area (TPSA) is 79.3 Å². The lowest BCUT2D eigenvalue weighted by Gasteiger charge is -2.27. The van der Waals surface area contributed by atoms with Gasteiger partial charge in [-0.25, -0.2) is 0 Å². The second-order valence-corrected chi connectivity index (χ2v) is 10.7. The summed E-state index contributed by atoms with van der Waals surface area (Å²) in [6.07, 6.45) is 1.49. The Balaban J connectivity index is 1.50. The smallest absolute Gasteiger partial charge is 0.295 e. The number of aliphatic hydroxyl groups is 1. The molecule has 3 aromatic rings. The third-order valence-electron chi connectivity index (χ3n) is 7.90. The van der Waals surface area contributed by atoms with Gasteiger partial charge in [-0.3, -0.25) is 9.59 Å². The van der Waals surface area contributed by atoms with Gasteiger partial charge in [0.15, 0.2) is 0 Å². The molecule has 1 amide bonds. The van der Waals surface area contributed by atoms with Gasteiger partial charge in [-0.05, 0) is 80.0 Å². The zero-order valence-corrected chi connectivity index (χ0v) is 24.0. The molecule has 0 radical (unpaired) electrons. The van der Waals surface area contributed by atoms with Crippen molar-refractivity contribution >= 4 is 17.4 Å². The number of amides is 1. The summed E-state index contributed by atoms with van der Waals surface area (Å²) in [5.41, 5.74) is 3.34. The normalized spacial score (nSPS) is 19.5. The van der Waals surface area contributed by atoms with Crippen LogP contribution in [0.5, 0.6) is 11.5 Å². The van der Waals surface area contributed by atoms with E-state index in [9.17, 15) is 14.7 Å². The zero-order chi connectivity index (χ0) is 28.9. The average molecular weight is 555 g/mol. The maximum atomic E-state index is 13.5. The van der Waals surface area contributed by atoms with E-state index in [1.807, 2.05) is 73.7 Å². The highest BCUT2D eigenvalue weighted by Gasteiger charge is 2.46. The summed E-state index contributed by atoms with van der Waals surface area (Å²) in [4.78, 5) is 30.9. The van der Waals surface area contributed by atoms with Crippen LogP contribution in [0.1, 0.15) is 55.5 Å². The van der Waals surface area contributed by atoms with E-state index in [4.69, 9.17) is 9.47 Å². The molecule has 7 heteroatoms. The second-order valence-electron chi connectivity index (χ2n) is 10.7. The molecule has 0 aliphatic carbocycles. The Hall–Kier alpha value is -4.10. The molecule has 0 spiro atoms. The van der Waals surface area contributed by atoms with Crippen LogP contribution >= 0.6 is 0 Å². The Bertz CT molecular complexity index is 1430. The molecule has 2 atom stereocenters. The van der Waals surface area contributed by atoms with Crippen LogP contribution in [0.25, 0.3) is 5.76 Å². The number of ketones is 1. The maximum Gasteiger partial charge on any atom is 0.295 e. The Morgan fingerprint density at radius 2 is 1.80 bits per heavy atom. The quantitative estimate of drug-likeness (QED) is 0.185. The van der Waals surface area contributed by atoms with Gasteiger partial charge in [0.25, 0.3) is 11.7 Å². The number of rotatable bonds is 11. The van der Waals surface area contributed by atoms with Crippen molar-refractivity contribution in [1.29, 1.82) is 0 Å². The van der Waals surface area contributed by atoms with E-state index in [1.54, 1.807) is 11.0 Å². The van der Waals surface area contributed by atoms with Gasteiger partial charge in [-0.2, -0.15) is 0 Å². The monoisotopic (exact) mass is 554 g/mol. The SMILES string of the molecule is CCN(CC)CCCN1C(=O)C(=O)C(=C(O)c2ccc3c(c2)C[C@H](C)O3)[C@@H]1c1cccc(OCc2ccccc2)c1. The van der Waals surface area contributed by atoms with Crippen molar-refractivity contribution in [2.45, 2.75) is 52.4 Å². The van der Waals surface area contributed by atoms with Crippen LogP contribution in [0.2, 0.25) is 0 Å². The molecule has 1 N–H and O–H groups in total. The Morgan fingerprint density at radius 1 is 1.02 bits per heavy atom. The number of carbonyl (C=O) groups excluding carboxylic acids is 2. The molecular formula is C34H38N2O5. The van der Waals surface area contributed by atoms with Gasteiger partial charge >= 0.3 is 0 Å². The van der Waals surface area contributed by atoms with Gasteiger partial charge in [-0.15, -0.1) is 0 Å². The largest absolute Gasteiger partial charge is 0.507 e. The Labute approximate surface area is 242 Å². The lowest BCUT2D eigenvalue weighted by molar-refractivity contribution is -0.140. The molecule has 0 aromatic heterocycles. The number of hydrogen-bond acceptors (Lipinski definition) is 6. The number of likely N-dealkylation sites (tertiary alicyclic amines) is 1. The minimum atomic E-state index is -0.726. The molecule has 7 nitrogen and oxygen atoms in total. The fraction of sp³-hybridized carbons (Fsp3) is 0.353. The van der Waals surface area contributed by atoms with Crippen molar-refractivity contribution in [3.8, 4) is 11.5 Å². The summed E-state index contributed by atoms with van der Waals surface area (Å²) in [7, 11) is 0. The highest BCUT2D eigenvalue weighted by molar-refractivity contribution is 6.46. The third kappa shape index (κ3) is 6.15. The highest BCUT2D eigenvalue weighted by atomic mass is 16.5. The Morgan fingerprint density at radius 3 is 2.56 bits per heavy atom. The number of Topliss-reactive ketones (excluding diaryl/α,β-unsaturated/α-hetero) is 1. The molecule has 0 saturated carbocycles. The third-order valence-corrected chi connectivity index (χ3v) is 7.90. The first kappa shape index (κ1) is 28.4. The average Bonchev–Trinajstić information content (AvgIpc) is 3.49. The van der Waals surface area contributed by atoms with Crippen molar-refractivity contribution in [2.75, 3.05) is 26.2 Å². The molecule has 1 saturated heterocycles. The van der Waals surface area contributed by atoms with Crippen LogP contribution < -0.4 is 9.47 Å². The summed E-state index contributed by atoms with van der Waals surface area (Å²) < 4.78 is 11.9. The van der Waals surface area contributed by atoms with E-state index in [-0.39, 0.29) is 17.4 Å². The van der Waals surface area contributed by atoms with Crippen LogP contribution in [-0.4, -0.2) is 58.9 Å². The number of ether oxygens (including phenoxy) is 2. The van der Waals surface area contributed by atoms with Crippen LogP contribution in [0.15, 0.2) is 78.4 Å². The van der Waals surface area contributed by atoms with Gasteiger partial charge in [0.2, 0.25) is 0 Å². The van der Waals surface area contributed by atoms with Gasteiger partial charge in [0.1, 0.15) is 30.0 Å². The van der Waals surface area contributed by atoms with E-state index in [2.05, 4.69) is 18.7 Å².